The molecule has 1 radical (unpaired) electrons. The molecule has 0 spiro atoms. The van der Waals surface area contributed by atoms with Gasteiger partial charge in [0.05, 0.1) is 14.2 Å². The first-order valence-corrected chi connectivity index (χ1v) is 5.59. The Kier molecular flexibility index (Phi) is 7.68. The molecule has 0 aliphatic heterocycles. The Bertz CT molecular complexity index is 588. The fourth-order valence-corrected chi connectivity index (χ4v) is 2.36. The van der Waals surface area contributed by atoms with Gasteiger partial charge in [-0.15, -0.1) is 23.3 Å². The molecule has 0 N–H and O–H groups in total. The van der Waals surface area contributed by atoms with Gasteiger partial charge in [0.15, 0.2) is 0 Å². The molecule has 0 unspecified atom stereocenters. The number of methoxy groups -OCH3 is 2. The summed E-state index contributed by atoms with van der Waals surface area (Å²) in [4.78, 5) is 0. The maximum absolute atomic E-state index is 5.32. The van der Waals surface area contributed by atoms with Gasteiger partial charge in [0.2, 0.25) is 0 Å². The second-order valence-corrected chi connectivity index (χ2v) is 4.10. The molecule has 20 heavy (non-hydrogen) atoms. The van der Waals surface area contributed by atoms with Crippen molar-refractivity contribution in [3.8, 4) is 22.6 Å². The van der Waals surface area contributed by atoms with Crippen molar-refractivity contribution in [2.75, 3.05) is 14.2 Å². The number of halogens is 2. The molecule has 5 heteroatoms. The van der Waals surface area contributed by atoms with Crippen LogP contribution < -0.4 is 34.3 Å². The van der Waals surface area contributed by atoms with Gasteiger partial charge in [-0.1, -0.05) is 35.4 Å². The van der Waals surface area contributed by atoms with E-state index in [-0.39, 0.29) is 46.5 Å². The average Bonchev–Trinajstić information content (AvgIpc) is 2.74. The predicted molar refractivity (Wildman–Crippen MR) is 66.6 cm³/mol. The van der Waals surface area contributed by atoms with Gasteiger partial charge in [0.25, 0.3) is 0 Å². The van der Waals surface area contributed by atoms with Crippen LogP contribution >= 0.6 is 0 Å². The van der Waals surface area contributed by atoms with Crippen LogP contribution in [-0.2, 0) is 28.1 Å². The molecule has 0 saturated carbocycles. The number of rotatable bonds is 2. The van der Waals surface area contributed by atoms with Crippen LogP contribution in [0.2, 0.25) is 0 Å². The predicted octanol–water partition coefficient (Wildman–Crippen LogP) is -2.92. The molecule has 0 heterocycles. The third-order valence-electron chi connectivity index (χ3n) is 3.19. The van der Waals surface area contributed by atoms with E-state index in [2.05, 4.69) is 30.3 Å². The molecule has 0 saturated heterocycles. The second-order valence-electron chi connectivity index (χ2n) is 4.10. The Labute approximate surface area is 146 Å². The van der Waals surface area contributed by atoms with Gasteiger partial charge in [-0.3, -0.25) is 0 Å². The van der Waals surface area contributed by atoms with Crippen LogP contribution in [0.3, 0.4) is 0 Å². The number of benzene rings is 2. The van der Waals surface area contributed by atoms with E-state index in [1.807, 2.05) is 6.07 Å². The summed E-state index contributed by atoms with van der Waals surface area (Å²) in [5.74, 6) is 1.42. The van der Waals surface area contributed by atoms with E-state index in [1.165, 1.54) is 22.3 Å². The van der Waals surface area contributed by atoms with Crippen LogP contribution in [0.25, 0.3) is 11.1 Å². The Morgan fingerprint density at radius 3 is 2.35 bits per heavy atom. The maximum Gasteiger partial charge on any atom is 3.00 e. The second kappa shape index (κ2) is 7.94. The number of ether oxygens (including phenoxy) is 2. The molecule has 0 atom stereocenters. The fourth-order valence-electron chi connectivity index (χ4n) is 2.36. The normalized spacial score (nSPS) is 10.1. The molecule has 103 valence electrons. The van der Waals surface area contributed by atoms with Gasteiger partial charge in [0, 0.05) is 11.5 Å². The SMILES string of the molecule is COc1[c-]c2c(cc1OC)-c1ccccc1C2.[Cl-].[Cl-].[Ti+3]. The third kappa shape index (κ3) is 3.15. The molecule has 3 rings (SSSR count). The molecular formula is C15H13Cl2O2Ti. The van der Waals surface area contributed by atoms with E-state index < -0.39 is 0 Å². The summed E-state index contributed by atoms with van der Waals surface area (Å²) < 4.78 is 10.6. The zero-order chi connectivity index (χ0) is 11.8. The largest absolute Gasteiger partial charge is 3.00 e. The van der Waals surface area contributed by atoms with Crippen molar-refractivity contribution in [3.63, 3.8) is 0 Å². The van der Waals surface area contributed by atoms with Crippen LogP contribution in [0.1, 0.15) is 11.1 Å². The fraction of sp³-hybridized carbons (Fsp3) is 0.200. The van der Waals surface area contributed by atoms with Crippen LogP contribution in [0.5, 0.6) is 11.5 Å². The topological polar surface area (TPSA) is 18.5 Å². The minimum Gasteiger partial charge on any atom is -1.00 e. The molecule has 0 amide bonds. The number of hydrogen-bond acceptors (Lipinski definition) is 2. The Morgan fingerprint density at radius 2 is 1.70 bits per heavy atom. The van der Waals surface area contributed by atoms with Crippen molar-refractivity contribution in [1.29, 1.82) is 0 Å². The molecular weight excluding hydrogens is 331 g/mol. The molecule has 2 nitrogen and oxygen atoms in total. The van der Waals surface area contributed by atoms with Crippen LogP contribution in [0.15, 0.2) is 30.3 Å². The first-order chi connectivity index (χ1) is 8.33. The smallest absolute Gasteiger partial charge is 1.00 e. The van der Waals surface area contributed by atoms with Gasteiger partial charge in [-0.05, 0) is 6.42 Å². The minimum absolute atomic E-state index is 0. The summed E-state index contributed by atoms with van der Waals surface area (Å²) in [6, 6.07) is 13.8. The Morgan fingerprint density at radius 1 is 1.00 bits per heavy atom. The standard InChI is InChI=1S/C15H13O2.2ClH.Ti/c1-16-14-8-11-7-10-5-3-4-6-12(10)13(11)9-15(14)17-2;;;/h3-6,9H,7H2,1-2H3;2*1H;/q-1;;;+3/p-2. The van der Waals surface area contributed by atoms with E-state index in [4.69, 9.17) is 9.47 Å². The third-order valence-corrected chi connectivity index (χ3v) is 3.19. The van der Waals surface area contributed by atoms with Crippen molar-refractivity contribution >= 4 is 0 Å². The Balaban J connectivity index is 0.00000120. The average molecular weight is 344 g/mol. The van der Waals surface area contributed by atoms with E-state index in [0.29, 0.717) is 5.75 Å². The first kappa shape index (κ1) is 19.3. The Hall–Kier alpha value is -0.666. The molecule has 1 aliphatic carbocycles. The number of fused-ring (bicyclic) bond motifs is 3. The molecule has 2 aromatic carbocycles. The van der Waals surface area contributed by atoms with E-state index >= 15 is 0 Å². The molecule has 0 fully saturated rings. The van der Waals surface area contributed by atoms with E-state index in [0.717, 1.165) is 12.2 Å². The van der Waals surface area contributed by atoms with Crippen molar-refractivity contribution in [1.82, 2.24) is 0 Å². The summed E-state index contributed by atoms with van der Waals surface area (Å²) in [6.45, 7) is 0. The zero-order valence-electron chi connectivity index (χ0n) is 11.2. The monoisotopic (exact) mass is 343 g/mol. The van der Waals surface area contributed by atoms with Gasteiger partial charge < -0.3 is 34.3 Å². The summed E-state index contributed by atoms with van der Waals surface area (Å²) in [5.41, 5.74) is 5.01. The summed E-state index contributed by atoms with van der Waals surface area (Å²) in [6.07, 6.45) is 0.922. The van der Waals surface area contributed by atoms with Gasteiger partial charge in [0.1, 0.15) is 0 Å². The van der Waals surface area contributed by atoms with Gasteiger partial charge >= 0.3 is 21.7 Å². The van der Waals surface area contributed by atoms with Crippen molar-refractivity contribution in [2.24, 2.45) is 0 Å². The number of hydrogen-bond donors (Lipinski definition) is 0. The minimum atomic E-state index is 0. The first-order valence-electron chi connectivity index (χ1n) is 5.59. The molecule has 0 bridgehead atoms. The molecule has 2 aromatic rings. The summed E-state index contributed by atoms with van der Waals surface area (Å²) in [7, 11) is 3.29. The van der Waals surface area contributed by atoms with Crippen molar-refractivity contribution in [3.05, 3.63) is 47.5 Å². The summed E-state index contributed by atoms with van der Waals surface area (Å²) in [5, 5.41) is 0. The van der Waals surface area contributed by atoms with Gasteiger partial charge in [-0.25, -0.2) is 0 Å². The van der Waals surface area contributed by atoms with Gasteiger partial charge in [-0.2, -0.15) is 0 Å². The molecule has 0 aromatic heterocycles. The summed E-state index contributed by atoms with van der Waals surface area (Å²) >= 11 is 0. The van der Waals surface area contributed by atoms with Crippen molar-refractivity contribution in [2.45, 2.75) is 6.42 Å². The zero-order valence-corrected chi connectivity index (χ0v) is 14.2. The molecule has 1 aliphatic rings. The van der Waals surface area contributed by atoms with Crippen molar-refractivity contribution < 1.29 is 56.0 Å². The van der Waals surface area contributed by atoms with E-state index in [9.17, 15) is 0 Å². The van der Waals surface area contributed by atoms with E-state index in [1.54, 1.807) is 14.2 Å². The van der Waals surface area contributed by atoms with Crippen LogP contribution in [0, 0.1) is 6.07 Å². The quantitative estimate of drug-likeness (QED) is 0.367. The maximum atomic E-state index is 5.32. The van der Waals surface area contributed by atoms with Crippen LogP contribution in [-0.4, -0.2) is 14.2 Å². The van der Waals surface area contributed by atoms with Crippen LogP contribution in [0.4, 0.5) is 0 Å².